The van der Waals surface area contributed by atoms with E-state index < -0.39 is 0 Å². The number of aromatic nitrogens is 1. The van der Waals surface area contributed by atoms with Crippen LogP contribution in [0.15, 0.2) is 18.2 Å². The van der Waals surface area contributed by atoms with E-state index in [1.54, 1.807) is 0 Å². The van der Waals surface area contributed by atoms with Gasteiger partial charge in [0.25, 0.3) is 5.91 Å². The highest BCUT2D eigenvalue weighted by atomic mass is 32.1. The Bertz CT molecular complexity index is 775. The Morgan fingerprint density at radius 2 is 1.83 bits per heavy atom. The number of nitrogens with zero attached hydrogens (tertiary/aromatic N) is 1. The van der Waals surface area contributed by atoms with Gasteiger partial charge in [0.15, 0.2) is 0 Å². The molecule has 126 valence electrons. The Hall–Kier alpha value is -1.68. The average molecular weight is 340 g/mol. The molecule has 0 saturated heterocycles. The highest BCUT2D eigenvalue weighted by molar-refractivity contribution is 7.17. The fourth-order valence-electron chi connectivity index (χ4n) is 3.52. The van der Waals surface area contributed by atoms with E-state index in [1.807, 2.05) is 6.92 Å². The van der Waals surface area contributed by atoms with Crippen LogP contribution >= 0.6 is 11.3 Å². The first kappa shape index (κ1) is 15.8. The smallest absolute Gasteiger partial charge is 0.263 e. The summed E-state index contributed by atoms with van der Waals surface area (Å²) in [5.41, 5.74) is 4.44. The van der Waals surface area contributed by atoms with Crippen LogP contribution in [0.1, 0.15) is 52.2 Å². The van der Waals surface area contributed by atoms with Crippen molar-refractivity contribution in [2.45, 2.75) is 52.5 Å². The van der Waals surface area contributed by atoms with E-state index in [0.717, 1.165) is 21.1 Å². The van der Waals surface area contributed by atoms with Gasteiger partial charge in [-0.15, -0.1) is 11.3 Å². The number of carbonyl (C=O) groups is 1. The second-order valence-electron chi connectivity index (χ2n) is 7.43. The van der Waals surface area contributed by atoms with E-state index in [4.69, 9.17) is 0 Å². The van der Waals surface area contributed by atoms with E-state index in [1.165, 1.54) is 48.1 Å². The van der Waals surface area contributed by atoms with Crippen LogP contribution in [0.25, 0.3) is 10.6 Å². The standard InChI is InChI=1S/C20H24N2OS/c1-11-4-9-16(12(2)10-11)20-21-13(3)18(24-20)19(23)22-17(14-5-6-14)15-7-8-15/h4,9-10,14-15,17H,5-8H2,1-3H3,(H,22,23). The molecule has 0 atom stereocenters. The molecular weight excluding hydrogens is 316 g/mol. The molecule has 1 amide bonds. The Kier molecular flexibility index (Phi) is 3.95. The molecule has 0 radical (unpaired) electrons. The number of carbonyl (C=O) groups excluding carboxylic acids is 1. The zero-order valence-corrected chi connectivity index (χ0v) is 15.4. The van der Waals surface area contributed by atoms with Crippen molar-refractivity contribution in [3.05, 3.63) is 39.9 Å². The molecule has 0 unspecified atom stereocenters. The zero-order valence-electron chi connectivity index (χ0n) is 14.6. The third kappa shape index (κ3) is 3.12. The van der Waals surface area contributed by atoms with Gasteiger partial charge in [-0.2, -0.15) is 0 Å². The number of hydrogen-bond acceptors (Lipinski definition) is 3. The van der Waals surface area contributed by atoms with Crippen LogP contribution in [0, 0.1) is 32.6 Å². The molecule has 1 N–H and O–H groups in total. The van der Waals surface area contributed by atoms with Crippen molar-refractivity contribution in [2.75, 3.05) is 0 Å². The van der Waals surface area contributed by atoms with E-state index in [9.17, 15) is 4.79 Å². The molecule has 2 aliphatic rings. The van der Waals surface area contributed by atoms with Crippen LogP contribution in [0.2, 0.25) is 0 Å². The van der Waals surface area contributed by atoms with Gasteiger partial charge in [0.1, 0.15) is 9.88 Å². The minimum Gasteiger partial charge on any atom is -0.348 e. The number of amides is 1. The third-order valence-electron chi connectivity index (χ3n) is 5.17. The zero-order chi connectivity index (χ0) is 16.8. The lowest BCUT2D eigenvalue weighted by atomic mass is 10.1. The molecule has 1 aromatic heterocycles. The quantitative estimate of drug-likeness (QED) is 0.860. The fourth-order valence-corrected chi connectivity index (χ4v) is 4.58. The van der Waals surface area contributed by atoms with Crippen molar-refractivity contribution in [3.8, 4) is 10.6 Å². The summed E-state index contributed by atoms with van der Waals surface area (Å²) in [6.45, 7) is 6.15. The third-order valence-corrected chi connectivity index (χ3v) is 6.36. The summed E-state index contributed by atoms with van der Waals surface area (Å²) in [6.07, 6.45) is 5.10. The highest BCUT2D eigenvalue weighted by Crippen LogP contribution is 2.44. The Morgan fingerprint density at radius 3 is 2.42 bits per heavy atom. The molecule has 4 rings (SSSR count). The lowest BCUT2D eigenvalue weighted by Crippen LogP contribution is -2.38. The van der Waals surface area contributed by atoms with Crippen LogP contribution in [0.5, 0.6) is 0 Å². The summed E-state index contributed by atoms with van der Waals surface area (Å²) in [5, 5.41) is 4.27. The molecule has 3 nitrogen and oxygen atoms in total. The van der Waals surface area contributed by atoms with Crippen molar-refractivity contribution in [1.82, 2.24) is 10.3 Å². The van der Waals surface area contributed by atoms with Crippen molar-refractivity contribution >= 4 is 17.2 Å². The van der Waals surface area contributed by atoms with Crippen LogP contribution in [-0.4, -0.2) is 16.9 Å². The summed E-state index contributed by atoms with van der Waals surface area (Å²) < 4.78 is 0. The number of thiazole rings is 1. The number of nitrogens with one attached hydrogen (secondary N) is 1. The molecule has 2 fully saturated rings. The average Bonchev–Trinajstić information content (AvgIpc) is 3.43. The van der Waals surface area contributed by atoms with Crippen LogP contribution in [-0.2, 0) is 0 Å². The molecule has 0 spiro atoms. The first-order valence-electron chi connectivity index (χ1n) is 8.89. The summed E-state index contributed by atoms with van der Waals surface area (Å²) in [5.74, 6) is 1.51. The first-order chi connectivity index (χ1) is 11.5. The molecule has 0 aliphatic heterocycles. The monoisotopic (exact) mass is 340 g/mol. The number of benzene rings is 1. The molecule has 1 aromatic carbocycles. The van der Waals surface area contributed by atoms with Crippen molar-refractivity contribution in [2.24, 2.45) is 11.8 Å². The second kappa shape index (κ2) is 5.99. The van der Waals surface area contributed by atoms with Crippen molar-refractivity contribution in [3.63, 3.8) is 0 Å². The molecule has 2 aromatic rings. The topological polar surface area (TPSA) is 42.0 Å². The van der Waals surface area contributed by atoms with E-state index in [2.05, 4.69) is 42.3 Å². The maximum absolute atomic E-state index is 12.8. The number of aryl methyl sites for hydroxylation is 3. The largest absolute Gasteiger partial charge is 0.348 e. The first-order valence-corrected chi connectivity index (χ1v) is 9.70. The highest BCUT2D eigenvalue weighted by Gasteiger charge is 2.42. The summed E-state index contributed by atoms with van der Waals surface area (Å²) in [4.78, 5) is 18.2. The van der Waals surface area contributed by atoms with Gasteiger partial charge in [0.2, 0.25) is 0 Å². The number of rotatable bonds is 5. The van der Waals surface area contributed by atoms with E-state index in [0.29, 0.717) is 17.9 Å². The molecule has 0 bridgehead atoms. The van der Waals surface area contributed by atoms with Gasteiger partial charge in [-0.1, -0.05) is 23.8 Å². The van der Waals surface area contributed by atoms with Crippen molar-refractivity contribution in [1.29, 1.82) is 0 Å². The molecule has 1 heterocycles. The van der Waals surface area contributed by atoms with Gasteiger partial charge in [-0.25, -0.2) is 4.98 Å². The maximum Gasteiger partial charge on any atom is 0.263 e. The van der Waals surface area contributed by atoms with E-state index >= 15 is 0 Å². The van der Waals surface area contributed by atoms with Crippen molar-refractivity contribution < 1.29 is 4.79 Å². The number of hydrogen-bond donors (Lipinski definition) is 1. The summed E-state index contributed by atoms with van der Waals surface area (Å²) in [7, 11) is 0. The SMILES string of the molecule is Cc1ccc(-c2nc(C)c(C(=O)NC(C3CC3)C3CC3)s2)c(C)c1. The fraction of sp³-hybridized carbons (Fsp3) is 0.500. The molecule has 2 aliphatic carbocycles. The van der Waals surface area contributed by atoms with Gasteiger partial charge in [0, 0.05) is 11.6 Å². The lowest BCUT2D eigenvalue weighted by molar-refractivity contribution is 0.0929. The maximum atomic E-state index is 12.8. The van der Waals surface area contributed by atoms with Gasteiger partial charge < -0.3 is 5.32 Å². The molecule has 4 heteroatoms. The van der Waals surface area contributed by atoms with E-state index in [-0.39, 0.29) is 5.91 Å². The predicted octanol–water partition coefficient (Wildman–Crippen LogP) is 4.65. The molecule has 2 saturated carbocycles. The minimum absolute atomic E-state index is 0.0739. The lowest BCUT2D eigenvalue weighted by Gasteiger charge is -2.17. The molecule has 24 heavy (non-hydrogen) atoms. The normalized spacial score (nSPS) is 17.3. The van der Waals surface area contributed by atoms with Gasteiger partial charge >= 0.3 is 0 Å². The van der Waals surface area contributed by atoms with Crippen LogP contribution in [0.3, 0.4) is 0 Å². The predicted molar refractivity (Wildman–Crippen MR) is 98.5 cm³/mol. The van der Waals surface area contributed by atoms with Gasteiger partial charge in [-0.05, 0) is 63.9 Å². The Morgan fingerprint density at radius 1 is 1.17 bits per heavy atom. The minimum atomic E-state index is 0.0739. The second-order valence-corrected chi connectivity index (χ2v) is 8.43. The van der Waals surface area contributed by atoms with Crippen LogP contribution < -0.4 is 5.32 Å². The summed E-state index contributed by atoms with van der Waals surface area (Å²) >= 11 is 1.52. The van der Waals surface area contributed by atoms with Gasteiger partial charge in [-0.3, -0.25) is 4.79 Å². The Labute approximate surface area is 147 Å². The van der Waals surface area contributed by atoms with Gasteiger partial charge in [0.05, 0.1) is 5.69 Å². The Balaban J connectivity index is 1.57. The van der Waals surface area contributed by atoms with Crippen LogP contribution in [0.4, 0.5) is 0 Å². The summed E-state index contributed by atoms with van der Waals surface area (Å²) in [6, 6.07) is 6.78. The molecular formula is C20H24N2OS.